The Balaban J connectivity index is 1.76. The summed E-state index contributed by atoms with van der Waals surface area (Å²) in [5.74, 6) is 1.10. The predicted octanol–water partition coefficient (Wildman–Crippen LogP) is 0.460. The van der Waals surface area contributed by atoms with Gasteiger partial charge in [-0.1, -0.05) is 24.5 Å². The van der Waals surface area contributed by atoms with Gasteiger partial charge < -0.3 is 11.1 Å². The number of H-pyrrole nitrogens is 1. The molecule has 0 radical (unpaired) electrons. The number of nitrogens with one attached hydrogen (secondary N) is 2. The summed E-state index contributed by atoms with van der Waals surface area (Å²) in [6.07, 6.45) is 7.03. The van der Waals surface area contributed by atoms with E-state index in [9.17, 15) is 4.79 Å². The van der Waals surface area contributed by atoms with Crippen LogP contribution >= 0.6 is 0 Å². The zero-order valence-electron chi connectivity index (χ0n) is 11.6. The normalized spacial score (nSPS) is 28.6. The summed E-state index contributed by atoms with van der Waals surface area (Å²) in [7, 11) is 0. The molecular weight excluding hydrogens is 256 g/mol. The summed E-state index contributed by atoms with van der Waals surface area (Å²) in [6.45, 7) is 0.591. The van der Waals surface area contributed by atoms with Crippen molar-refractivity contribution in [1.29, 1.82) is 0 Å². The van der Waals surface area contributed by atoms with Crippen molar-refractivity contribution in [3.8, 4) is 0 Å². The topological polar surface area (TPSA) is 110 Å². The minimum Gasteiger partial charge on any atom is -0.343 e. The molecule has 0 unspecified atom stereocenters. The van der Waals surface area contributed by atoms with Crippen molar-refractivity contribution in [2.24, 2.45) is 17.6 Å². The summed E-state index contributed by atoms with van der Waals surface area (Å²) in [6, 6.07) is 0. The second-order valence-electron chi connectivity index (χ2n) is 6.05. The van der Waals surface area contributed by atoms with Gasteiger partial charge in [0, 0.05) is 5.92 Å². The first kappa shape index (κ1) is 13.5. The number of carbonyl (C=O) groups is 1. The number of rotatable bonds is 4. The fourth-order valence-corrected chi connectivity index (χ4v) is 3.74. The van der Waals surface area contributed by atoms with Crippen LogP contribution in [-0.4, -0.2) is 33.1 Å². The maximum absolute atomic E-state index is 12.6. The van der Waals surface area contributed by atoms with Crippen LogP contribution < -0.4 is 11.1 Å². The van der Waals surface area contributed by atoms with E-state index in [1.807, 2.05) is 0 Å². The lowest BCUT2D eigenvalue weighted by atomic mass is 9.91. The molecule has 20 heavy (non-hydrogen) atoms. The zero-order valence-corrected chi connectivity index (χ0v) is 11.6. The molecule has 0 saturated heterocycles. The molecule has 1 heterocycles. The van der Waals surface area contributed by atoms with Crippen LogP contribution in [0, 0.1) is 11.8 Å². The molecular formula is C13H22N6O. The summed E-state index contributed by atoms with van der Waals surface area (Å²) < 4.78 is 0. The van der Waals surface area contributed by atoms with E-state index >= 15 is 0 Å². The molecule has 2 fully saturated rings. The van der Waals surface area contributed by atoms with E-state index in [-0.39, 0.29) is 11.8 Å². The average molecular weight is 278 g/mol. The first-order valence-electron chi connectivity index (χ1n) is 7.51. The number of aromatic nitrogens is 4. The number of nitrogens with zero attached hydrogens (tertiary/aromatic N) is 3. The van der Waals surface area contributed by atoms with Gasteiger partial charge >= 0.3 is 0 Å². The van der Waals surface area contributed by atoms with E-state index in [1.165, 1.54) is 0 Å². The minimum absolute atomic E-state index is 0.0457. The highest BCUT2D eigenvalue weighted by molar-refractivity contribution is 5.80. The van der Waals surface area contributed by atoms with E-state index in [0.29, 0.717) is 18.3 Å². The number of hydrogen-bond donors (Lipinski definition) is 3. The average Bonchev–Trinajstić information content (AvgIpc) is 3.19. The van der Waals surface area contributed by atoms with Crippen molar-refractivity contribution in [1.82, 2.24) is 25.9 Å². The fraction of sp³-hybridized carbons (Fsp3) is 0.846. The highest BCUT2D eigenvalue weighted by Gasteiger charge is 2.43. The van der Waals surface area contributed by atoms with Crippen LogP contribution in [0.3, 0.4) is 0 Å². The number of carbonyl (C=O) groups excluding carboxylic acids is 1. The monoisotopic (exact) mass is 278 g/mol. The first-order chi connectivity index (χ1) is 9.75. The van der Waals surface area contributed by atoms with E-state index in [1.54, 1.807) is 0 Å². The Morgan fingerprint density at radius 2 is 2.15 bits per heavy atom. The largest absolute Gasteiger partial charge is 0.343 e. The Hall–Kier alpha value is -1.50. The molecule has 2 atom stereocenters. The molecule has 7 nitrogen and oxygen atoms in total. The molecule has 7 heteroatoms. The Morgan fingerprint density at radius 3 is 2.80 bits per heavy atom. The van der Waals surface area contributed by atoms with Gasteiger partial charge in [-0.2, -0.15) is 5.21 Å². The summed E-state index contributed by atoms with van der Waals surface area (Å²) >= 11 is 0. The lowest BCUT2D eigenvalue weighted by molar-refractivity contribution is -0.128. The maximum atomic E-state index is 12.6. The van der Waals surface area contributed by atoms with E-state index < -0.39 is 5.54 Å². The fourth-order valence-electron chi connectivity index (χ4n) is 3.74. The van der Waals surface area contributed by atoms with Crippen molar-refractivity contribution >= 4 is 5.91 Å². The van der Waals surface area contributed by atoms with Crippen LogP contribution in [0.5, 0.6) is 0 Å². The molecule has 1 aromatic heterocycles. The Morgan fingerprint density at radius 1 is 1.35 bits per heavy atom. The summed E-state index contributed by atoms with van der Waals surface area (Å²) in [5, 5.41) is 17.6. The van der Waals surface area contributed by atoms with Crippen LogP contribution in [-0.2, 0) is 10.3 Å². The summed E-state index contributed by atoms with van der Waals surface area (Å²) in [5.41, 5.74) is 5.35. The number of tetrazole rings is 1. The highest BCUT2D eigenvalue weighted by atomic mass is 16.2. The second-order valence-corrected chi connectivity index (χ2v) is 6.05. The molecule has 3 rings (SSSR count). The highest BCUT2D eigenvalue weighted by Crippen LogP contribution is 2.38. The molecule has 2 aliphatic rings. The molecule has 0 spiro atoms. The van der Waals surface area contributed by atoms with E-state index in [2.05, 4.69) is 25.9 Å². The standard InChI is InChI=1S/C13H22N6O/c14-8-9-4-3-5-10(9)11(20)15-13(6-1-2-7-13)12-16-18-19-17-12/h9-10H,1-8,14H2,(H,15,20)(H,16,17,18,19)/t9-,10-/m1/s1. The van der Waals surface area contributed by atoms with E-state index in [4.69, 9.17) is 5.73 Å². The molecule has 0 aliphatic heterocycles. The second kappa shape index (κ2) is 5.47. The van der Waals surface area contributed by atoms with Crippen LogP contribution in [0.15, 0.2) is 0 Å². The Labute approximate surface area is 118 Å². The quantitative estimate of drug-likeness (QED) is 0.741. The molecule has 0 aromatic carbocycles. The lowest BCUT2D eigenvalue weighted by Crippen LogP contribution is -2.48. The van der Waals surface area contributed by atoms with Crippen molar-refractivity contribution in [3.05, 3.63) is 5.82 Å². The molecule has 2 saturated carbocycles. The Bertz CT molecular complexity index is 453. The van der Waals surface area contributed by atoms with Gasteiger partial charge in [-0.25, -0.2) is 0 Å². The van der Waals surface area contributed by atoms with Crippen molar-refractivity contribution < 1.29 is 4.79 Å². The van der Waals surface area contributed by atoms with Crippen molar-refractivity contribution in [2.45, 2.75) is 50.5 Å². The zero-order chi connectivity index (χ0) is 14.0. The van der Waals surface area contributed by atoms with Gasteiger partial charge in [-0.3, -0.25) is 4.79 Å². The third-order valence-corrected chi connectivity index (χ3v) is 4.89. The molecule has 2 aliphatic carbocycles. The lowest BCUT2D eigenvalue weighted by Gasteiger charge is -2.29. The Kier molecular flexibility index (Phi) is 3.69. The van der Waals surface area contributed by atoms with Gasteiger partial charge in [0.1, 0.15) is 5.54 Å². The third-order valence-electron chi connectivity index (χ3n) is 4.89. The number of amides is 1. The number of nitrogens with two attached hydrogens (primary N) is 1. The van der Waals surface area contributed by atoms with E-state index in [0.717, 1.165) is 44.9 Å². The predicted molar refractivity (Wildman–Crippen MR) is 72.4 cm³/mol. The van der Waals surface area contributed by atoms with Gasteiger partial charge in [0.15, 0.2) is 5.82 Å². The van der Waals surface area contributed by atoms with Gasteiger partial charge in [-0.15, -0.1) is 10.2 Å². The first-order valence-corrected chi connectivity index (χ1v) is 7.51. The molecule has 1 aromatic rings. The smallest absolute Gasteiger partial charge is 0.224 e. The van der Waals surface area contributed by atoms with Gasteiger partial charge in [-0.05, 0) is 38.1 Å². The molecule has 1 amide bonds. The van der Waals surface area contributed by atoms with Gasteiger partial charge in [0.2, 0.25) is 5.91 Å². The molecule has 0 bridgehead atoms. The van der Waals surface area contributed by atoms with Gasteiger partial charge in [0.25, 0.3) is 0 Å². The maximum Gasteiger partial charge on any atom is 0.224 e. The van der Waals surface area contributed by atoms with Gasteiger partial charge in [0.05, 0.1) is 0 Å². The minimum atomic E-state index is -0.425. The van der Waals surface area contributed by atoms with Crippen molar-refractivity contribution in [3.63, 3.8) is 0 Å². The number of aromatic amines is 1. The van der Waals surface area contributed by atoms with Crippen LogP contribution in [0.4, 0.5) is 0 Å². The SMILES string of the molecule is NC[C@H]1CCC[C@H]1C(=O)NC1(c2nn[nH]n2)CCCC1. The third kappa shape index (κ3) is 2.30. The van der Waals surface area contributed by atoms with Crippen LogP contribution in [0.2, 0.25) is 0 Å². The molecule has 110 valence electrons. The summed E-state index contributed by atoms with van der Waals surface area (Å²) in [4.78, 5) is 12.6. The van der Waals surface area contributed by atoms with Crippen LogP contribution in [0.25, 0.3) is 0 Å². The van der Waals surface area contributed by atoms with Crippen LogP contribution in [0.1, 0.15) is 50.8 Å². The molecule has 4 N–H and O–H groups in total. The van der Waals surface area contributed by atoms with Crippen molar-refractivity contribution in [2.75, 3.05) is 6.54 Å². The number of hydrogen-bond acceptors (Lipinski definition) is 5.